The van der Waals surface area contributed by atoms with Gasteiger partial charge in [0.15, 0.2) is 0 Å². The van der Waals surface area contributed by atoms with E-state index in [0.717, 1.165) is 18.7 Å². The lowest BCUT2D eigenvalue weighted by molar-refractivity contribution is 0.583. The molecule has 114 valence electrons. The van der Waals surface area contributed by atoms with E-state index in [2.05, 4.69) is 76.3 Å². The van der Waals surface area contributed by atoms with Gasteiger partial charge in [0, 0.05) is 12.7 Å². The molecule has 1 aromatic heterocycles. The number of hydrogen-bond donors (Lipinski definition) is 0. The van der Waals surface area contributed by atoms with Crippen LogP contribution in [0.4, 0.5) is 0 Å². The van der Waals surface area contributed by atoms with Gasteiger partial charge in [-0.3, -0.25) is 4.68 Å². The summed E-state index contributed by atoms with van der Waals surface area (Å²) in [5.74, 6) is 0.453. The van der Waals surface area contributed by atoms with E-state index in [4.69, 9.17) is 0 Å². The van der Waals surface area contributed by atoms with E-state index in [1.807, 2.05) is 4.68 Å². The summed E-state index contributed by atoms with van der Waals surface area (Å²) < 4.78 is 1.89. The fourth-order valence-electron chi connectivity index (χ4n) is 2.77. The summed E-state index contributed by atoms with van der Waals surface area (Å²) >= 11 is 0. The molecule has 0 bridgehead atoms. The third kappa shape index (κ3) is 3.72. The van der Waals surface area contributed by atoms with Gasteiger partial charge in [0.1, 0.15) is 0 Å². The average molecular weight is 285 g/mol. The second-order valence-corrected chi connectivity index (χ2v) is 7.00. The monoisotopic (exact) mass is 285 g/mol. The van der Waals surface area contributed by atoms with E-state index < -0.39 is 0 Å². The Labute approximate surface area is 128 Å². The minimum Gasteiger partial charge on any atom is -0.253 e. The molecule has 0 N–H and O–H groups in total. The molecule has 21 heavy (non-hydrogen) atoms. The Bertz CT molecular complexity index is 605. The molecule has 0 fully saturated rings. The van der Waals surface area contributed by atoms with E-state index in [9.17, 15) is 0 Å². The van der Waals surface area contributed by atoms with Gasteiger partial charge in [-0.1, -0.05) is 51.1 Å². The van der Waals surface area contributed by atoms with Gasteiger partial charge in [0.05, 0.1) is 5.69 Å². The summed E-state index contributed by atoms with van der Waals surface area (Å²) in [4.78, 5) is 0. The molecule has 2 aromatic rings. The normalized spacial score (nSPS) is 13.4. The van der Waals surface area contributed by atoms with Gasteiger partial charge in [-0.25, -0.2) is 0 Å². The van der Waals surface area contributed by atoms with Crippen molar-refractivity contribution in [2.24, 2.45) is 0 Å². The van der Waals surface area contributed by atoms with Crippen LogP contribution in [-0.4, -0.2) is 15.0 Å². The topological polar surface area (TPSA) is 30.7 Å². The van der Waals surface area contributed by atoms with E-state index in [1.54, 1.807) is 0 Å². The summed E-state index contributed by atoms with van der Waals surface area (Å²) in [6.07, 6.45) is 2.99. The van der Waals surface area contributed by atoms with Crippen LogP contribution in [0.3, 0.4) is 0 Å². The molecule has 3 nitrogen and oxygen atoms in total. The lowest BCUT2D eigenvalue weighted by Gasteiger charge is -2.24. The Hall–Kier alpha value is -1.64. The van der Waals surface area contributed by atoms with Gasteiger partial charge in [0.25, 0.3) is 0 Å². The van der Waals surface area contributed by atoms with Crippen LogP contribution >= 0.6 is 0 Å². The van der Waals surface area contributed by atoms with Crippen molar-refractivity contribution in [1.82, 2.24) is 15.0 Å². The largest absolute Gasteiger partial charge is 0.253 e. The summed E-state index contributed by atoms with van der Waals surface area (Å²) in [6.45, 7) is 14.2. The van der Waals surface area contributed by atoms with Crippen LogP contribution in [0.5, 0.6) is 0 Å². The number of nitrogens with zero attached hydrogens (tertiary/aromatic N) is 3. The van der Waals surface area contributed by atoms with E-state index in [1.165, 1.54) is 16.7 Å². The molecule has 0 saturated carbocycles. The molecule has 1 heterocycles. The quantitative estimate of drug-likeness (QED) is 0.840. The zero-order valence-corrected chi connectivity index (χ0v) is 14.1. The van der Waals surface area contributed by atoms with Crippen LogP contribution in [0.25, 0.3) is 0 Å². The van der Waals surface area contributed by atoms with Crippen LogP contribution in [0, 0.1) is 6.92 Å². The molecule has 0 aliphatic rings. The number of rotatable bonds is 4. The highest BCUT2D eigenvalue weighted by molar-refractivity contribution is 5.37. The molecule has 0 radical (unpaired) electrons. The fraction of sp³-hybridized carbons (Fsp3) is 0.556. The van der Waals surface area contributed by atoms with Gasteiger partial charge in [-0.2, -0.15) is 0 Å². The van der Waals surface area contributed by atoms with Crippen LogP contribution in [0.15, 0.2) is 24.4 Å². The van der Waals surface area contributed by atoms with Crippen molar-refractivity contribution in [1.29, 1.82) is 0 Å². The molecule has 0 aliphatic heterocycles. The van der Waals surface area contributed by atoms with Crippen molar-refractivity contribution in [3.63, 3.8) is 0 Å². The zero-order chi connectivity index (χ0) is 15.6. The van der Waals surface area contributed by atoms with Gasteiger partial charge in [-0.15, -0.1) is 5.10 Å². The fourth-order valence-corrected chi connectivity index (χ4v) is 2.77. The lowest BCUT2D eigenvalue weighted by atomic mass is 9.81. The minimum atomic E-state index is 0.186. The van der Waals surface area contributed by atoms with Gasteiger partial charge in [0.2, 0.25) is 0 Å². The molecule has 3 heteroatoms. The molecule has 0 spiro atoms. The average Bonchev–Trinajstić information content (AvgIpc) is 2.85. The summed E-state index contributed by atoms with van der Waals surface area (Å²) in [6, 6.07) is 6.86. The number of aryl methyl sites for hydroxylation is 2. The molecule has 2 rings (SSSR count). The maximum absolute atomic E-state index is 4.25. The molecule has 1 atom stereocenters. The van der Waals surface area contributed by atoms with Gasteiger partial charge < -0.3 is 0 Å². The Morgan fingerprint density at radius 2 is 1.95 bits per heavy atom. The molecular weight excluding hydrogens is 258 g/mol. The van der Waals surface area contributed by atoms with Crippen molar-refractivity contribution < 1.29 is 0 Å². The van der Waals surface area contributed by atoms with Crippen molar-refractivity contribution >= 4 is 0 Å². The molecular formula is C18H27N3. The first-order valence-electron chi connectivity index (χ1n) is 7.81. The second kappa shape index (κ2) is 6.00. The summed E-state index contributed by atoms with van der Waals surface area (Å²) in [7, 11) is 0. The van der Waals surface area contributed by atoms with Crippen molar-refractivity contribution in [2.75, 3.05) is 0 Å². The van der Waals surface area contributed by atoms with Crippen LogP contribution in [0.2, 0.25) is 0 Å². The third-order valence-corrected chi connectivity index (χ3v) is 4.06. The van der Waals surface area contributed by atoms with E-state index >= 15 is 0 Å². The summed E-state index contributed by atoms with van der Waals surface area (Å²) in [5, 5.41) is 8.37. The number of aromatic nitrogens is 3. The lowest BCUT2D eigenvalue weighted by Crippen LogP contribution is -2.14. The predicted octanol–water partition coefficient (Wildman–Crippen LogP) is 4.25. The summed E-state index contributed by atoms with van der Waals surface area (Å²) in [5.41, 5.74) is 5.45. The van der Waals surface area contributed by atoms with Crippen molar-refractivity contribution in [3.05, 3.63) is 46.8 Å². The minimum absolute atomic E-state index is 0.186. The van der Waals surface area contributed by atoms with Gasteiger partial charge in [-0.05, 0) is 48.3 Å². The molecule has 1 aromatic carbocycles. The highest BCUT2D eigenvalue weighted by Crippen LogP contribution is 2.29. The Morgan fingerprint density at radius 3 is 2.52 bits per heavy atom. The Balaban J connectivity index is 2.21. The smallest absolute Gasteiger partial charge is 0.0833 e. The molecule has 1 unspecified atom stereocenters. The van der Waals surface area contributed by atoms with E-state index in [0.29, 0.717) is 5.92 Å². The standard InChI is InChI=1S/C18H27N3/c1-7-21-12-16(19-20-21)10-14(3)15-9-8-13(2)17(11-15)18(4,5)6/h8-9,11-12,14H,7,10H2,1-6H3. The highest BCUT2D eigenvalue weighted by Gasteiger charge is 2.18. The first-order chi connectivity index (χ1) is 9.81. The first-order valence-corrected chi connectivity index (χ1v) is 7.81. The molecule has 0 aliphatic carbocycles. The van der Waals surface area contributed by atoms with Crippen LogP contribution < -0.4 is 0 Å². The number of benzene rings is 1. The second-order valence-electron chi connectivity index (χ2n) is 7.00. The maximum Gasteiger partial charge on any atom is 0.0833 e. The Morgan fingerprint density at radius 1 is 1.24 bits per heavy atom. The molecule has 0 amide bonds. The van der Waals surface area contributed by atoms with Crippen molar-refractivity contribution in [3.8, 4) is 0 Å². The first kappa shape index (κ1) is 15.7. The Kier molecular flexibility index (Phi) is 4.50. The van der Waals surface area contributed by atoms with Crippen molar-refractivity contribution in [2.45, 2.75) is 65.8 Å². The van der Waals surface area contributed by atoms with Gasteiger partial charge >= 0.3 is 0 Å². The van der Waals surface area contributed by atoms with Crippen LogP contribution in [-0.2, 0) is 18.4 Å². The van der Waals surface area contributed by atoms with Crippen LogP contribution in [0.1, 0.15) is 62.9 Å². The SMILES string of the molecule is CCn1cc(CC(C)c2ccc(C)c(C(C)(C)C)c2)nn1. The zero-order valence-electron chi connectivity index (χ0n) is 14.1. The van der Waals surface area contributed by atoms with E-state index in [-0.39, 0.29) is 5.41 Å². The third-order valence-electron chi connectivity index (χ3n) is 4.06. The maximum atomic E-state index is 4.25. The number of hydrogen-bond acceptors (Lipinski definition) is 2. The predicted molar refractivity (Wildman–Crippen MR) is 87.7 cm³/mol. The molecule has 0 saturated heterocycles. The highest BCUT2D eigenvalue weighted by atomic mass is 15.4.